The molecule has 1 aromatic rings. The topological polar surface area (TPSA) is 20.2 Å². The van der Waals surface area contributed by atoms with Gasteiger partial charge in [-0.15, -0.1) is 0 Å². The number of aryl methyl sites for hydroxylation is 1. The first-order valence-electron chi connectivity index (χ1n) is 6.52. The molecule has 4 atom stereocenters. The van der Waals surface area contributed by atoms with Gasteiger partial charge in [0.15, 0.2) is 0 Å². The maximum Gasteiger partial charge on any atom is 0.0919 e. The molecule has 0 spiro atoms. The highest BCUT2D eigenvalue weighted by molar-refractivity contribution is 8.07. The first kappa shape index (κ1) is 14.3. The van der Waals surface area contributed by atoms with Crippen molar-refractivity contribution in [2.75, 3.05) is 5.75 Å². The van der Waals surface area contributed by atoms with Gasteiger partial charge in [0.05, 0.1) is 6.10 Å². The molecule has 1 nitrogen and oxygen atoms in total. The van der Waals surface area contributed by atoms with Crippen LogP contribution in [0.3, 0.4) is 0 Å². The molecule has 2 rings (SSSR count). The number of aliphatic hydroxyl groups excluding tert-OH is 1. The number of hydrogen-bond donors (Lipinski definition) is 1. The molecule has 18 heavy (non-hydrogen) atoms. The van der Waals surface area contributed by atoms with E-state index in [2.05, 4.69) is 39.8 Å². The summed E-state index contributed by atoms with van der Waals surface area (Å²) in [5, 5.41) is 12.3. The highest BCUT2D eigenvalue weighted by Crippen LogP contribution is 2.41. The van der Waals surface area contributed by atoms with Gasteiger partial charge < -0.3 is 5.11 Å². The van der Waals surface area contributed by atoms with Gasteiger partial charge in [0, 0.05) is 21.5 Å². The second-order valence-electron chi connectivity index (χ2n) is 5.15. The molecular formula is C15H22OS2. The van der Waals surface area contributed by atoms with E-state index in [9.17, 15) is 5.11 Å². The van der Waals surface area contributed by atoms with Crippen LogP contribution in [-0.2, 0) is 0 Å². The van der Waals surface area contributed by atoms with Crippen LogP contribution in [-0.4, -0.2) is 26.6 Å². The molecule has 1 aromatic carbocycles. The van der Waals surface area contributed by atoms with Crippen molar-refractivity contribution < 1.29 is 5.11 Å². The lowest BCUT2D eigenvalue weighted by Crippen LogP contribution is -2.30. The van der Waals surface area contributed by atoms with Crippen molar-refractivity contribution in [2.24, 2.45) is 0 Å². The second-order valence-corrected chi connectivity index (χ2v) is 8.18. The van der Waals surface area contributed by atoms with Crippen molar-refractivity contribution in [1.29, 1.82) is 0 Å². The molecule has 100 valence electrons. The van der Waals surface area contributed by atoms with E-state index in [1.165, 1.54) is 11.1 Å². The standard InChI is InChI=1S/C15H22OS2/c1-9-6-5-7-13(10(9)2)15(16)14-8-17-11(3)12(4)18-14/h5-7,11-12,14-16H,8H2,1-4H3. The second kappa shape index (κ2) is 5.89. The maximum absolute atomic E-state index is 10.6. The normalized spacial score (nSPS) is 30.2. The first-order valence-corrected chi connectivity index (χ1v) is 8.51. The summed E-state index contributed by atoms with van der Waals surface area (Å²) in [4.78, 5) is 0. The van der Waals surface area contributed by atoms with E-state index in [0.717, 1.165) is 11.3 Å². The molecule has 1 fully saturated rings. The summed E-state index contributed by atoms with van der Waals surface area (Å²) in [5.74, 6) is 1.05. The zero-order valence-electron chi connectivity index (χ0n) is 11.5. The van der Waals surface area contributed by atoms with Gasteiger partial charge in [0.2, 0.25) is 0 Å². The molecule has 1 N–H and O–H groups in total. The van der Waals surface area contributed by atoms with Crippen molar-refractivity contribution in [3.63, 3.8) is 0 Å². The molecule has 0 amide bonds. The third kappa shape index (κ3) is 2.89. The summed E-state index contributed by atoms with van der Waals surface area (Å²) < 4.78 is 0. The number of hydrogen-bond acceptors (Lipinski definition) is 3. The van der Waals surface area contributed by atoms with Gasteiger partial charge in [-0.1, -0.05) is 32.0 Å². The number of aliphatic hydroxyl groups is 1. The Balaban J connectivity index is 2.16. The van der Waals surface area contributed by atoms with E-state index < -0.39 is 0 Å². The Morgan fingerprint density at radius 2 is 1.94 bits per heavy atom. The molecule has 1 heterocycles. The van der Waals surface area contributed by atoms with Crippen LogP contribution < -0.4 is 0 Å². The van der Waals surface area contributed by atoms with Gasteiger partial charge in [-0.2, -0.15) is 23.5 Å². The molecular weight excluding hydrogens is 260 g/mol. The number of rotatable bonds is 2. The van der Waals surface area contributed by atoms with Crippen LogP contribution in [0, 0.1) is 13.8 Å². The lowest BCUT2D eigenvalue weighted by Gasteiger charge is -2.34. The SMILES string of the molecule is Cc1cccc(C(O)C2CSC(C)C(C)S2)c1C. The third-order valence-corrected chi connectivity index (χ3v) is 7.37. The van der Waals surface area contributed by atoms with Crippen molar-refractivity contribution in [2.45, 2.75) is 49.5 Å². The number of thioether (sulfide) groups is 2. The predicted octanol–water partition coefficient (Wildman–Crippen LogP) is 3.96. The fourth-order valence-corrected chi connectivity index (χ4v) is 5.26. The molecule has 3 heteroatoms. The fraction of sp³-hybridized carbons (Fsp3) is 0.600. The van der Waals surface area contributed by atoms with E-state index in [1.807, 2.05) is 29.6 Å². The zero-order chi connectivity index (χ0) is 13.3. The van der Waals surface area contributed by atoms with Crippen LogP contribution in [0.5, 0.6) is 0 Å². The van der Waals surface area contributed by atoms with Gasteiger partial charge >= 0.3 is 0 Å². The first-order chi connectivity index (χ1) is 8.50. The summed E-state index contributed by atoms with van der Waals surface area (Å²) in [6.45, 7) is 8.77. The monoisotopic (exact) mass is 282 g/mol. The summed E-state index contributed by atoms with van der Waals surface area (Å²) in [7, 11) is 0. The van der Waals surface area contributed by atoms with Gasteiger partial charge in [-0.25, -0.2) is 0 Å². The largest absolute Gasteiger partial charge is 0.387 e. The fourth-order valence-electron chi connectivity index (χ4n) is 2.27. The average Bonchev–Trinajstić information content (AvgIpc) is 2.35. The summed E-state index contributed by atoms with van der Waals surface area (Å²) in [6.07, 6.45) is -0.336. The van der Waals surface area contributed by atoms with Crippen molar-refractivity contribution in [3.8, 4) is 0 Å². The molecule has 0 aromatic heterocycles. The van der Waals surface area contributed by atoms with E-state index in [0.29, 0.717) is 15.7 Å². The molecule has 0 saturated carbocycles. The Kier molecular flexibility index (Phi) is 4.68. The molecule has 0 radical (unpaired) electrons. The minimum absolute atomic E-state index is 0.321. The molecule has 0 bridgehead atoms. The van der Waals surface area contributed by atoms with Crippen molar-refractivity contribution >= 4 is 23.5 Å². The minimum Gasteiger partial charge on any atom is -0.387 e. The molecule has 4 unspecified atom stereocenters. The summed E-state index contributed by atoms with van der Waals surface area (Å²) in [6, 6.07) is 6.23. The lowest BCUT2D eigenvalue weighted by molar-refractivity contribution is 0.179. The van der Waals surface area contributed by atoms with E-state index >= 15 is 0 Å². The van der Waals surface area contributed by atoms with E-state index in [-0.39, 0.29) is 6.10 Å². The minimum atomic E-state index is -0.336. The van der Waals surface area contributed by atoms with Crippen LogP contribution in [0.25, 0.3) is 0 Å². The van der Waals surface area contributed by atoms with E-state index in [4.69, 9.17) is 0 Å². The predicted molar refractivity (Wildman–Crippen MR) is 83.6 cm³/mol. The lowest BCUT2D eigenvalue weighted by atomic mass is 9.98. The van der Waals surface area contributed by atoms with E-state index in [1.54, 1.807) is 0 Å². The van der Waals surface area contributed by atoms with Crippen molar-refractivity contribution in [3.05, 3.63) is 34.9 Å². The quantitative estimate of drug-likeness (QED) is 0.886. The van der Waals surface area contributed by atoms with Crippen molar-refractivity contribution in [1.82, 2.24) is 0 Å². The van der Waals surface area contributed by atoms with Crippen LogP contribution >= 0.6 is 23.5 Å². The smallest absolute Gasteiger partial charge is 0.0919 e. The summed E-state index contributed by atoms with van der Waals surface area (Å²) in [5.41, 5.74) is 3.61. The highest BCUT2D eigenvalue weighted by atomic mass is 32.2. The zero-order valence-corrected chi connectivity index (χ0v) is 13.1. The Morgan fingerprint density at radius 3 is 2.61 bits per heavy atom. The maximum atomic E-state index is 10.6. The Bertz CT molecular complexity index is 419. The van der Waals surface area contributed by atoms with Crippen LogP contribution in [0.15, 0.2) is 18.2 Å². The Hall–Kier alpha value is -0.120. The molecule has 1 aliphatic heterocycles. The van der Waals surface area contributed by atoms with Gasteiger partial charge in [-0.3, -0.25) is 0 Å². The Morgan fingerprint density at radius 1 is 1.22 bits per heavy atom. The van der Waals surface area contributed by atoms with Gasteiger partial charge in [0.25, 0.3) is 0 Å². The van der Waals surface area contributed by atoms with Crippen LogP contribution in [0.2, 0.25) is 0 Å². The van der Waals surface area contributed by atoms with Crippen LogP contribution in [0.1, 0.15) is 36.6 Å². The molecule has 1 saturated heterocycles. The third-order valence-electron chi connectivity index (χ3n) is 3.89. The molecule has 0 aliphatic carbocycles. The van der Waals surface area contributed by atoms with Gasteiger partial charge in [0.1, 0.15) is 0 Å². The summed E-state index contributed by atoms with van der Waals surface area (Å²) >= 11 is 3.93. The molecule has 1 aliphatic rings. The Labute approximate surface area is 119 Å². The van der Waals surface area contributed by atoms with Gasteiger partial charge in [-0.05, 0) is 30.5 Å². The highest BCUT2D eigenvalue weighted by Gasteiger charge is 2.31. The van der Waals surface area contributed by atoms with Crippen LogP contribution in [0.4, 0.5) is 0 Å². The average molecular weight is 282 g/mol. The number of benzene rings is 1.